The molecular formula is C13H13NO5. The van der Waals surface area contributed by atoms with Crippen molar-refractivity contribution in [2.75, 3.05) is 7.11 Å². The number of hydrogen-bond acceptors (Lipinski definition) is 5. The van der Waals surface area contributed by atoms with Gasteiger partial charge in [-0.1, -0.05) is 0 Å². The Labute approximate surface area is 109 Å². The largest absolute Gasteiger partial charge is 0.497 e. The van der Waals surface area contributed by atoms with E-state index in [0.29, 0.717) is 17.3 Å². The Kier molecular flexibility index (Phi) is 4.02. The minimum absolute atomic E-state index is 0.145. The van der Waals surface area contributed by atoms with E-state index in [4.69, 9.17) is 19.0 Å². The van der Waals surface area contributed by atoms with Crippen LogP contribution in [-0.2, 0) is 17.8 Å². The molecule has 2 aromatic rings. The summed E-state index contributed by atoms with van der Waals surface area (Å²) in [6.07, 6.45) is 1.16. The number of methoxy groups -OCH3 is 1. The number of carboxylic acids is 1. The number of aromatic nitrogens is 1. The third kappa shape index (κ3) is 3.74. The lowest BCUT2D eigenvalue weighted by molar-refractivity contribution is -0.136. The van der Waals surface area contributed by atoms with Crippen molar-refractivity contribution in [1.82, 2.24) is 4.98 Å². The lowest BCUT2D eigenvalue weighted by atomic mass is 10.3. The van der Waals surface area contributed by atoms with Crippen LogP contribution < -0.4 is 9.47 Å². The van der Waals surface area contributed by atoms with Gasteiger partial charge >= 0.3 is 5.97 Å². The molecule has 0 radical (unpaired) electrons. The number of nitrogens with zero attached hydrogens (tertiary/aromatic N) is 1. The van der Waals surface area contributed by atoms with Gasteiger partial charge in [-0.25, -0.2) is 4.98 Å². The van der Waals surface area contributed by atoms with E-state index in [1.807, 2.05) is 0 Å². The number of ether oxygens (including phenoxy) is 2. The van der Waals surface area contributed by atoms with Crippen molar-refractivity contribution in [3.05, 3.63) is 42.1 Å². The van der Waals surface area contributed by atoms with Gasteiger partial charge in [0.15, 0.2) is 6.61 Å². The zero-order valence-corrected chi connectivity index (χ0v) is 10.3. The fraction of sp³-hybridized carbons (Fsp3) is 0.231. The van der Waals surface area contributed by atoms with E-state index < -0.39 is 5.97 Å². The Balaban J connectivity index is 1.90. The third-order valence-corrected chi connectivity index (χ3v) is 2.35. The first-order valence-electron chi connectivity index (χ1n) is 5.59. The molecule has 1 N–H and O–H groups in total. The molecule has 0 saturated carbocycles. The minimum atomic E-state index is -0.948. The van der Waals surface area contributed by atoms with Gasteiger partial charge in [-0.3, -0.25) is 4.79 Å². The van der Waals surface area contributed by atoms with Crippen molar-refractivity contribution < 1.29 is 23.8 Å². The normalized spacial score (nSPS) is 10.2. The Morgan fingerprint density at radius 1 is 1.32 bits per heavy atom. The molecular weight excluding hydrogens is 250 g/mol. The van der Waals surface area contributed by atoms with Crippen molar-refractivity contribution in [2.24, 2.45) is 0 Å². The Bertz CT molecular complexity index is 546. The first-order chi connectivity index (χ1) is 9.17. The van der Waals surface area contributed by atoms with E-state index in [2.05, 4.69) is 4.98 Å². The van der Waals surface area contributed by atoms with Gasteiger partial charge in [-0.05, 0) is 24.3 Å². The molecule has 0 aliphatic rings. The number of rotatable bonds is 6. The van der Waals surface area contributed by atoms with E-state index in [9.17, 15) is 4.79 Å². The van der Waals surface area contributed by atoms with Crippen LogP contribution in [0.2, 0.25) is 0 Å². The molecule has 1 heterocycles. The van der Waals surface area contributed by atoms with Crippen molar-refractivity contribution in [3.8, 4) is 11.5 Å². The van der Waals surface area contributed by atoms with E-state index in [-0.39, 0.29) is 13.0 Å². The van der Waals surface area contributed by atoms with Crippen LogP contribution in [0.4, 0.5) is 0 Å². The Morgan fingerprint density at radius 2 is 2.00 bits per heavy atom. The van der Waals surface area contributed by atoms with Gasteiger partial charge in [-0.15, -0.1) is 0 Å². The quantitative estimate of drug-likeness (QED) is 0.857. The predicted molar refractivity (Wildman–Crippen MR) is 65.2 cm³/mol. The zero-order valence-electron chi connectivity index (χ0n) is 10.3. The van der Waals surface area contributed by atoms with Gasteiger partial charge in [-0.2, -0.15) is 0 Å². The summed E-state index contributed by atoms with van der Waals surface area (Å²) in [6, 6.07) is 7.08. The molecule has 0 saturated heterocycles. The zero-order chi connectivity index (χ0) is 13.7. The topological polar surface area (TPSA) is 81.8 Å². The Hall–Kier alpha value is -2.50. The summed E-state index contributed by atoms with van der Waals surface area (Å²) < 4.78 is 15.6. The minimum Gasteiger partial charge on any atom is -0.497 e. The monoisotopic (exact) mass is 263 g/mol. The van der Waals surface area contributed by atoms with Crippen molar-refractivity contribution in [2.45, 2.75) is 13.0 Å². The van der Waals surface area contributed by atoms with Crippen LogP contribution in [0.25, 0.3) is 0 Å². The highest BCUT2D eigenvalue weighted by Gasteiger charge is 2.08. The summed E-state index contributed by atoms with van der Waals surface area (Å²) in [5.74, 6) is 0.786. The predicted octanol–water partition coefficient (Wildman–Crippen LogP) is 1.89. The van der Waals surface area contributed by atoms with Crippen LogP contribution in [0, 0.1) is 0 Å². The molecule has 6 nitrogen and oxygen atoms in total. The van der Waals surface area contributed by atoms with E-state index in [0.717, 1.165) is 5.75 Å². The summed E-state index contributed by atoms with van der Waals surface area (Å²) in [5.41, 5.74) is 0.376. The lowest BCUT2D eigenvalue weighted by Crippen LogP contribution is -2.01. The maximum absolute atomic E-state index is 10.5. The second-order valence-corrected chi connectivity index (χ2v) is 3.77. The molecule has 0 bridgehead atoms. The van der Waals surface area contributed by atoms with Crippen LogP contribution >= 0.6 is 0 Å². The van der Waals surface area contributed by atoms with Crippen LogP contribution in [-0.4, -0.2) is 23.2 Å². The molecule has 0 aliphatic heterocycles. The highest BCUT2D eigenvalue weighted by atomic mass is 16.5. The maximum Gasteiger partial charge on any atom is 0.309 e. The third-order valence-electron chi connectivity index (χ3n) is 2.35. The standard InChI is InChI=1S/C13H13NO5/c1-17-10-2-4-11(5-3-10)18-8-12-14-9(7-19-12)6-13(15)16/h2-5,7H,6,8H2,1H3,(H,15,16). The molecule has 0 amide bonds. The molecule has 0 fully saturated rings. The summed E-state index contributed by atoms with van der Waals surface area (Å²) in [6.45, 7) is 0.145. The van der Waals surface area contributed by atoms with Crippen LogP contribution in [0.5, 0.6) is 11.5 Å². The molecule has 19 heavy (non-hydrogen) atoms. The molecule has 6 heteroatoms. The number of benzene rings is 1. The lowest BCUT2D eigenvalue weighted by Gasteiger charge is -2.04. The highest BCUT2D eigenvalue weighted by Crippen LogP contribution is 2.18. The summed E-state index contributed by atoms with van der Waals surface area (Å²) >= 11 is 0. The van der Waals surface area contributed by atoms with E-state index in [1.54, 1.807) is 31.4 Å². The average Bonchev–Trinajstić information content (AvgIpc) is 2.84. The number of carboxylic acid groups (broad SMARTS) is 1. The number of oxazole rings is 1. The van der Waals surface area contributed by atoms with Crippen LogP contribution in [0.3, 0.4) is 0 Å². The van der Waals surface area contributed by atoms with Gasteiger partial charge in [0.25, 0.3) is 0 Å². The molecule has 100 valence electrons. The van der Waals surface area contributed by atoms with Gasteiger partial charge in [0.1, 0.15) is 17.8 Å². The highest BCUT2D eigenvalue weighted by molar-refractivity contribution is 5.69. The Morgan fingerprint density at radius 3 is 2.63 bits per heavy atom. The second kappa shape index (κ2) is 5.90. The molecule has 1 aromatic carbocycles. The SMILES string of the molecule is COc1ccc(OCc2nc(CC(=O)O)co2)cc1. The average molecular weight is 263 g/mol. The molecule has 2 rings (SSSR count). The van der Waals surface area contributed by atoms with Gasteiger partial charge < -0.3 is 19.0 Å². The maximum atomic E-state index is 10.5. The first-order valence-corrected chi connectivity index (χ1v) is 5.59. The molecule has 0 atom stereocenters. The van der Waals surface area contributed by atoms with Crippen molar-refractivity contribution in [3.63, 3.8) is 0 Å². The summed E-state index contributed by atoms with van der Waals surface area (Å²) in [4.78, 5) is 14.5. The number of hydrogen-bond donors (Lipinski definition) is 1. The molecule has 0 spiro atoms. The first kappa shape index (κ1) is 12.9. The molecule has 1 aromatic heterocycles. The van der Waals surface area contributed by atoms with Gasteiger partial charge in [0.05, 0.1) is 19.2 Å². The van der Waals surface area contributed by atoms with Crippen molar-refractivity contribution in [1.29, 1.82) is 0 Å². The molecule has 0 unspecified atom stereocenters. The fourth-order valence-electron chi connectivity index (χ4n) is 1.47. The van der Waals surface area contributed by atoms with Crippen LogP contribution in [0.15, 0.2) is 34.9 Å². The van der Waals surface area contributed by atoms with E-state index >= 15 is 0 Å². The van der Waals surface area contributed by atoms with Crippen LogP contribution in [0.1, 0.15) is 11.6 Å². The van der Waals surface area contributed by atoms with Gasteiger partial charge in [0, 0.05) is 0 Å². The second-order valence-electron chi connectivity index (χ2n) is 3.77. The fourth-order valence-corrected chi connectivity index (χ4v) is 1.47. The van der Waals surface area contributed by atoms with Gasteiger partial charge in [0.2, 0.25) is 5.89 Å². The van der Waals surface area contributed by atoms with E-state index in [1.165, 1.54) is 6.26 Å². The smallest absolute Gasteiger partial charge is 0.309 e. The number of carbonyl (C=O) groups is 1. The number of aliphatic carboxylic acids is 1. The summed E-state index contributed by atoms with van der Waals surface area (Å²) in [7, 11) is 1.59. The van der Waals surface area contributed by atoms with Crippen molar-refractivity contribution >= 4 is 5.97 Å². The molecule has 0 aliphatic carbocycles. The summed E-state index contributed by atoms with van der Waals surface area (Å²) in [5, 5.41) is 8.61.